The summed E-state index contributed by atoms with van der Waals surface area (Å²) in [6.07, 6.45) is 3.77. The fourth-order valence-corrected chi connectivity index (χ4v) is 2.07. The van der Waals surface area contributed by atoms with Gasteiger partial charge in [0.15, 0.2) is 0 Å². The summed E-state index contributed by atoms with van der Waals surface area (Å²) in [5, 5.41) is 3.29. The number of aromatic nitrogens is 2. The third-order valence-electron chi connectivity index (χ3n) is 3.19. The molecule has 0 saturated heterocycles. The fraction of sp³-hybridized carbons (Fsp3) is 0.769. The van der Waals surface area contributed by atoms with E-state index in [9.17, 15) is 0 Å². The van der Waals surface area contributed by atoms with E-state index < -0.39 is 0 Å². The molecule has 1 aromatic rings. The summed E-state index contributed by atoms with van der Waals surface area (Å²) in [4.78, 5) is 7.86. The Balaban J connectivity index is 2.83. The highest BCUT2D eigenvalue weighted by Gasteiger charge is 2.31. The summed E-state index contributed by atoms with van der Waals surface area (Å²) in [6.45, 7) is 10.9. The van der Waals surface area contributed by atoms with Crippen molar-refractivity contribution in [3.05, 3.63) is 17.7 Å². The van der Waals surface area contributed by atoms with E-state index in [0.717, 1.165) is 37.4 Å². The van der Waals surface area contributed by atoms with Gasteiger partial charge in [-0.05, 0) is 26.3 Å². The zero-order valence-electron chi connectivity index (χ0n) is 11.5. The highest BCUT2D eigenvalue weighted by Crippen LogP contribution is 2.30. The third kappa shape index (κ3) is 3.30. The minimum Gasteiger partial charge on any atom is -0.367 e. The molecular formula is C13H25N3O. The first kappa shape index (κ1) is 14.2. The molecule has 0 aliphatic heterocycles. The van der Waals surface area contributed by atoms with Crippen LogP contribution in [0.25, 0.3) is 0 Å². The van der Waals surface area contributed by atoms with Crippen LogP contribution in [0.3, 0.4) is 0 Å². The first-order chi connectivity index (χ1) is 8.22. The van der Waals surface area contributed by atoms with Crippen molar-refractivity contribution in [3.63, 3.8) is 0 Å². The van der Waals surface area contributed by atoms with E-state index in [2.05, 4.69) is 36.1 Å². The van der Waals surface area contributed by atoms with Crippen LogP contribution >= 0.6 is 0 Å². The Morgan fingerprint density at radius 2 is 2.00 bits per heavy atom. The molecule has 1 rings (SSSR count). The summed E-state index contributed by atoms with van der Waals surface area (Å²) in [5.74, 6) is 0.956. The highest BCUT2D eigenvalue weighted by molar-refractivity contribution is 5.08. The van der Waals surface area contributed by atoms with Gasteiger partial charge in [-0.2, -0.15) is 0 Å². The molecule has 2 N–H and O–H groups in total. The lowest BCUT2D eigenvalue weighted by molar-refractivity contribution is -0.0566. The molecule has 0 bridgehead atoms. The molecule has 17 heavy (non-hydrogen) atoms. The van der Waals surface area contributed by atoms with Gasteiger partial charge in [0.25, 0.3) is 0 Å². The van der Waals surface area contributed by atoms with Crippen LogP contribution in [-0.4, -0.2) is 23.1 Å². The molecule has 0 unspecified atom stereocenters. The van der Waals surface area contributed by atoms with Crippen molar-refractivity contribution in [1.82, 2.24) is 15.3 Å². The molecule has 1 aromatic heterocycles. The predicted molar refractivity (Wildman–Crippen MR) is 69.9 cm³/mol. The molecule has 0 spiro atoms. The zero-order chi connectivity index (χ0) is 12.7. The summed E-state index contributed by atoms with van der Waals surface area (Å²) in [6, 6.07) is 0. The Morgan fingerprint density at radius 1 is 1.29 bits per heavy atom. The minimum atomic E-state index is -0.251. The molecule has 0 fully saturated rings. The van der Waals surface area contributed by atoms with Gasteiger partial charge in [-0.25, -0.2) is 4.98 Å². The van der Waals surface area contributed by atoms with Crippen LogP contribution in [0.2, 0.25) is 0 Å². The first-order valence-electron chi connectivity index (χ1n) is 6.61. The lowest BCUT2D eigenvalue weighted by atomic mass is 9.96. The largest absolute Gasteiger partial charge is 0.367 e. The first-order valence-corrected chi connectivity index (χ1v) is 6.61. The second-order valence-corrected chi connectivity index (χ2v) is 4.17. The molecule has 4 nitrogen and oxygen atoms in total. The Bertz CT molecular complexity index is 318. The summed E-state index contributed by atoms with van der Waals surface area (Å²) in [7, 11) is 0. The van der Waals surface area contributed by atoms with Crippen molar-refractivity contribution < 1.29 is 4.74 Å². The van der Waals surface area contributed by atoms with E-state index in [0.29, 0.717) is 6.61 Å². The number of H-pyrrole nitrogens is 1. The van der Waals surface area contributed by atoms with Crippen LogP contribution < -0.4 is 5.32 Å². The molecule has 98 valence electrons. The van der Waals surface area contributed by atoms with Gasteiger partial charge in [0.2, 0.25) is 0 Å². The quantitative estimate of drug-likeness (QED) is 0.733. The van der Waals surface area contributed by atoms with E-state index in [1.807, 2.05) is 13.1 Å². The topological polar surface area (TPSA) is 49.9 Å². The van der Waals surface area contributed by atoms with Crippen molar-refractivity contribution >= 4 is 0 Å². The Hall–Kier alpha value is -0.870. The summed E-state index contributed by atoms with van der Waals surface area (Å²) in [5.41, 5.74) is 0.868. The van der Waals surface area contributed by atoms with Crippen LogP contribution in [0.5, 0.6) is 0 Å². The number of rotatable bonds is 8. The number of imidazole rings is 1. The van der Waals surface area contributed by atoms with Gasteiger partial charge < -0.3 is 15.0 Å². The average Bonchev–Trinajstić information content (AvgIpc) is 2.83. The molecular weight excluding hydrogens is 214 g/mol. The normalized spacial score (nSPS) is 12.0. The van der Waals surface area contributed by atoms with Crippen molar-refractivity contribution in [2.24, 2.45) is 0 Å². The predicted octanol–water partition coefficient (Wildman–Crippen LogP) is 2.57. The van der Waals surface area contributed by atoms with Crippen LogP contribution in [0, 0.1) is 0 Å². The smallest absolute Gasteiger partial charge is 0.138 e. The minimum absolute atomic E-state index is 0.251. The molecule has 0 aromatic carbocycles. The second-order valence-electron chi connectivity index (χ2n) is 4.17. The van der Waals surface area contributed by atoms with Crippen LogP contribution in [0.1, 0.15) is 52.1 Å². The molecule has 0 saturated carbocycles. The van der Waals surface area contributed by atoms with Crippen molar-refractivity contribution in [2.45, 2.75) is 52.7 Å². The monoisotopic (exact) mass is 239 g/mol. The standard InChI is InChI=1S/C13H25N3O/c1-5-13(6-2,17-8-4)12-15-10-11(16-12)9-14-7-3/h10,14H,5-9H2,1-4H3,(H,15,16). The molecule has 0 amide bonds. The van der Waals surface area contributed by atoms with E-state index in [1.165, 1.54) is 0 Å². The molecule has 0 aliphatic carbocycles. The Morgan fingerprint density at radius 3 is 2.53 bits per heavy atom. The molecule has 0 aliphatic rings. The third-order valence-corrected chi connectivity index (χ3v) is 3.19. The van der Waals surface area contributed by atoms with Gasteiger partial charge >= 0.3 is 0 Å². The van der Waals surface area contributed by atoms with Gasteiger partial charge in [0, 0.05) is 25.0 Å². The van der Waals surface area contributed by atoms with Crippen molar-refractivity contribution in [2.75, 3.05) is 13.2 Å². The summed E-state index contributed by atoms with van der Waals surface area (Å²) >= 11 is 0. The van der Waals surface area contributed by atoms with Crippen LogP contribution in [0.15, 0.2) is 6.20 Å². The van der Waals surface area contributed by atoms with Gasteiger partial charge in [0.1, 0.15) is 11.4 Å². The van der Waals surface area contributed by atoms with E-state index >= 15 is 0 Å². The van der Waals surface area contributed by atoms with E-state index in [4.69, 9.17) is 4.74 Å². The number of nitrogens with one attached hydrogen (secondary N) is 2. The second kappa shape index (κ2) is 6.77. The maximum Gasteiger partial charge on any atom is 0.138 e. The Labute approximate surface area is 104 Å². The lowest BCUT2D eigenvalue weighted by Gasteiger charge is -2.29. The molecule has 0 radical (unpaired) electrons. The van der Waals surface area contributed by atoms with Gasteiger partial charge in [-0.15, -0.1) is 0 Å². The Kier molecular flexibility index (Phi) is 5.65. The van der Waals surface area contributed by atoms with Gasteiger partial charge in [-0.3, -0.25) is 0 Å². The number of hydrogen-bond donors (Lipinski definition) is 2. The maximum atomic E-state index is 5.92. The number of ether oxygens (including phenoxy) is 1. The molecule has 4 heteroatoms. The summed E-state index contributed by atoms with van der Waals surface area (Å²) < 4.78 is 5.92. The average molecular weight is 239 g/mol. The van der Waals surface area contributed by atoms with Gasteiger partial charge in [0.05, 0.1) is 0 Å². The highest BCUT2D eigenvalue weighted by atomic mass is 16.5. The van der Waals surface area contributed by atoms with Gasteiger partial charge in [-0.1, -0.05) is 20.8 Å². The molecule has 1 heterocycles. The number of hydrogen-bond acceptors (Lipinski definition) is 3. The SMILES string of the molecule is CCNCc1cnc(C(CC)(CC)OCC)[nH]1. The van der Waals surface area contributed by atoms with Crippen molar-refractivity contribution in [3.8, 4) is 0 Å². The van der Waals surface area contributed by atoms with Crippen LogP contribution in [0.4, 0.5) is 0 Å². The lowest BCUT2D eigenvalue weighted by Crippen LogP contribution is -2.30. The fourth-order valence-electron chi connectivity index (χ4n) is 2.07. The van der Waals surface area contributed by atoms with E-state index in [1.54, 1.807) is 0 Å². The van der Waals surface area contributed by atoms with Crippen molar-refractivity contribution in [1.29, 1.82) is 0 Å². The van der Waals surface area contributed by atoms with E-state index in [-0.39, 0.29) is 5.60 Å². The number of nitrogens with zero attached hydrogens (tertiary/aromatic N) is 1. The van der Waals surface area contributed by atoms with Crippen LogP contribution in [-0.2, 0) is 16.9 Å². The number of aromatic amines is 1. The maximum absolute atomic E-state index is 5.92. The zero-order valence-corrected chi connectivity index (χ0v) is 11.5. The molecule has 0 atom stereocenters.